The Balaban J connectivity index is 2.41. The SMILES string of the molecule is NCc1cc(S(=O)(=O)Nc2cc(Br)ccc2F)ccc1F. The molecule has 0 saturated carbocycles. The second kappa shape index (κ2) is 6.08. The molecule has 8 heteroatoms. The van der Waals surface area contributed by atoms with E-state index in [0.29, 0.717) is 4.47 Å². The van der Waals surface area contributed by atoms with Gasteiger partial charge in [0, 0.05) is 16.6 Å². The fourth-order valence-electron chi connectivity index (χ4n) is 1.65. The van der Waals surface area contributed by atoms with Crippen LogP contribution in [-0.4, -0.2) is 8.42 Å². The lowest BCUT2D eigenvalue weighted by Gasteiger charge is -2.10. The molecule has 0 aliphatic heterocycles. The average molecular weight is 377 g/mol. The van der Waals surface area contributed by atoms with Gasteiger partial charge in [-0.25, -0.2) is 17.2 Å². The van der Waals surface area contributed by atoms with Gasteiger partial charge in [0.2, 0.25) is 0 Å². The molecule has 0 heterocycles. The summed E-state index contributed by atoms with van der Waals surface area (Å²) in [5, 5.41) is 0. The van der Waals surface area contributed by atoms with E-state index in [4.69, 9.17) is 5.73 Å². The Hall–Kier alpha value is -1.51. The quantitative estimate of drug-likeness (QED) is 0.861. The Morgan fingerprint density at radius 2 is 1.76 bits per heavy atom. The van der Waals surface area contributed by atoms with Gasteiger partial charge in [0.05, 0.1) is 10.6 Å². The van der Waals surface area contributed by atoms with E-state index in [-0.39, 0.29) is 22.7 Å². The van der Waals surface area contributed by atoms with Crippen molar-refractivity contribution >= 4 is 31.6 Å². The molecule has 0 atom stereocenters. The van der Waals surface area contributed by atoms with Gasteiger partial charge >= 0.3 is 0 Å². The molecule has 2 aromatic rings. The zero-order valence-electron chi connectivity index (χ0n) is 10.6. The van der Waals surface area contributed by atoms with Gasteiger partial charge in [-0.2, -0.15) is 0 Å². The third kappa shape index (κ3) is 3.58. The van der Waals surface area contributed by atoms with E-state index in [2.05, 4.69) is 20.7 Å². The molecule has 0 amide bonds. The highest BCUT2D eigenvalue weighted by Gasteiger charge is 2.18. The van der Waals surface area contributed by atoms with E-state index in [1.54, 1.807) is 0 Å². The van der Waals surface area contributed by atoms with Crippen LogP contribution in [0.15, 0.2) is 45.8 Å². The summed E-state index contributed by atoms with van der Waals surface area (Å²) >= 11 is 3.12. The number of anilines is 1. The second-order valence-electron chi connectivity index (χ2n) is 4.19. The zero-order valence-corrected chi connectivity index (χ0v) is 13.0. The molecule has 0 radical (unpaired) electrons. The van der Waals surface area contributed by atoms with Crippen LogP contribution in [-0.2, 0) is 16.6 Å². The molecule has 3 N–H and O–H groups in total. The predicted molar refractivity (Wildman–Crippen MR) is 79.2 cm³/mol. The molecule has 0 aliphatic rings. The molecule has 0 fully saturated rings. The van der Waals surface area contributed by atoms with Crippen LogP contribution in [0.25, 0.3) is 0 Å². The molecule has 0 saturated heterocycles. The monoisotopic (exact) mass is 376 g/mol. The molecule has 0 bridgehead atoms. The number of sulfonamides is 1. The van der Waals surface area contributed by atoms with Crippen LogP contribution in [0, 0.1) is 11.6 Å². The summed E-state index contributed by atoms with van der Waals surface area (Å²) in [5.41, 5.74) is 5.19. The Bertz CT molecular complexity index is 782. The van der Waals surface area contributed by atoms with E-state index in [9.17, 15) is 17.2 Å². The summed E-state index contributed by atoms with van der Waals surface area (Å²) in [6.45, 7) is -0.138. The lowest BCUT2D eigenvalue weighted by Crippen LogP contribution is -2.15. The van der Waals surface area contributed by atoms with Gasteiger partial charge in [-0.3, -0.25) is 4.72 Å². The maximum Gasteiger partial charge on any atom is 0.262 e. The van der Waals surface area contributed by atoms with Crippen LogP contribution in [0.2, 0.25) is 0 Å². The van der Waals surface area contributed by atoms with Gasteiger partial charge in [-0.05, 0) is 36.4 Å². The molecule has 0 unspecified atom stereocenters. The van der Waals surface area contributed by atoms with Crippen LogP contribution >= 0.6 is 15.9 Å². The van der Waals surface area contributed by atoms with Crippen LogP contribution < -0.4 is 10.5 Å². The first kappa shape index (κ1) is 15.9. The van der Waals surface area contributed by atoms with Gasteiger partial charge in [0.15, 0.2) is 0 Å². The van der Waals surface area contributed by atoms with Crippen molar-refractivity contribution in [1.29, 1.82) is 0 Å². The lowest BCUT2D eigenvalue weighted by molar-refractivity contribution is 0.594. The first-order valence-corrected chi connectivity index (χ1v) is 8.07. The van der Waals surface area contributed by atoms with Crippen molar-refractivity contribution in [3.63, 3.8) is 0 Å². The van der Waals surface area contributed by atoms with Crippen molar-refractivity contribution in [3.05, 3.63) is 58.1 Å². The van der Waals surface area contributed by atoms with Crippen molar-refractivity contribution in [2.75, 3.05) is 4.72 Å². The third-order valence-corrected chi connectivity index (χ3v) is 4.58. The lowest BCUT2D eigenvalue weighted by atomic mass is 10.2. The fourth-order valence-corrected chi connectivity index (χ4v) is 3.12. The van der Waals surface area contributed by atoms with Crippen molar-refractivity contribution in [2.45, 2.75) is 11.4 Å². The number of halogens is 3. The highest BCUT2D eigenvalue weighted by atomic mass is 79.9. The molecule has 112 valence electrons. The molecule has 2 rings (SSSR count). The highest BCUT2D eigenvalue weighted by molar-refractivity contribution is 9.10. The summed E-state index contributed by atoms with van der Waals surface area (Å²) in [6, 6.07) is 7.07. The van der Waals surface area contributed by atoms with Crippen molar-refractivity contribution in [2.24, 2.45) is 5.73 Å². The third-order valence-electron chi connectivity index (χ3n) is 2.72. The number of nitrogens with one attached hydrogen (secondary N) is 1. The van der Waals surface area contributed by atoms with Crippen molar-refractivity contribution in [3.8, 4) is 0 Å². The average Bonchev–Trinajstić information content (AvgIpc) is 2.43. The predicted octanol–water partition coefficient (Wildman–Crippen LogP) is 2.99. The summed E-state index contributed by atoms with van der Waals surface area (Å²) in [6.07, 6.45) is 0. The summed E-state index contributed by atoms with van der Waals surface area (Å²) in [5.74, 6) is -1.31. The topological polar surface area (TPSA) is 72.2 Å². The van der Waals surface area contributed by atoms with E-state index in [1.165, 1.54) is 12.1 Å². The first-order chi connectivity index (χ1) is 9.83. The molecule has 2 aromatic carbocycles. The van der Waals surface area contributed by atoms with Gasteiger partial charge in [-0.15, -0.1) is 0 Å². The van der Waals surface area contributed by atoms with Gasteiger partial charge in [-0.1, -0.05) is 15.9 Å². The molecule has 4 nitrogen and oxygen atoms in total. The number of hydrogen-bond donors (Lipinski definition) is 2. The van der Waals surface area contributed by atoms with Gasteiger partial charge < -0.3 is 5.73 Å². The molecular weight excluding hydrogens is 366 g/mol. The van der Waals surface area contributed by atoms with E-state index in [1.807, 2.05) is 0 Å². The van der Waals surface area contributed by atoms with Crippen LogP contribution in [0.4, 0.5) is 14.5 Å². The van der Waals surface area contributed by atoms with E-state index < -0.39 is 21.7 Å². The molecular formula is C13H11BrF2N2O2S. The largest absolute Gasteiger partial charge is 0.326 e. The van der Waals surface area contributed by atoms with Crippen LogP contribution in [0.1, 0.15) is 5.56 Å². The van der Waals surface area contributed by atoms with Gasteiger partial charge in [0.25, 0.3) is 10.0 Å². The Morgan fingerprint density at radius 3 is 2.43 bits per heavy atom. The smallest absolute Gasteiger partial charge is 0.262 e. The summed E-state index contributed by atoms with van der Waals surface area (Å²) in [7, 11) is -4.03. The maximum atomic E-state index is 13.6. The number of nitrogens with two attached hydrogens (primary N) is 1. The number of benzene rings is 2. The molecule has 0 spiro atoms. The Morgan fingerprint density at radius 1 is 1.10 bits per heavy atom. The Labute approximate surface area is 129 Å². The normalized spacial score (nSPS) is 11.4. The summed E-state index contributed by atoms with van der Waals surface area (Å²) < 4.78 is 53.9. The van der Waals surface area contributed by atoms with Crippen LogP contribution in [0.3, 0.4) is 0 Å². The first-order valence-electron chi connectivity index (χ1n) is 5.80. The minimum absolute atomic E-state index is 0.0626. The number of hydrogen-bond acceptors (Lipinski definition) is 3. The molecule has 21 heavy (non-hydrogen) atoms. The van der Waals surface area contributed by atoms with E-state index >= 15 is 0 Å². The van der Waals surface area contributed by atoms with E-state index in [0.717, 1.165) is 24.3 Å². The van der Waals surface area contributed by atoms with Crippen LogP contribution in [0.5, 0.6) is 0 Å². The highest BCUT2D eigenvalue weighted by Crippen LogP contribution is 2.24. The second-order valence-corrected chi connectivity index (χ2v) is 6.79. The van der Waals surface area contributed by atoms with Crippen molar-refractivity contribution < 1.29 is 17.2 Å². The fraction of sp³-hybridized carbons (Fsp3) is 0.0769. The molecule has 0 aromatic heterocycles. The Kier molecular flexibility index (Phi) is 4.60. The minimum atomic E-state index is -4.03. The van der Waals surface area contributed by atoms with Gasteiger partial charge in [0.1, 0.15) is 11.6 Å². The number of rotatable bonds is 4. The van der Waals surface area contributed by atoms with Crippen molar-refractivity contribution in [1.82, 2.24) is 0 Å². The maximum absolute atomic E-state index is 13.6. The summed E-state index contributed by atoms with van der Waals surface area (Å²) in [4.78, 5) is -0.191. The minimum Gasteiger partial charge on any atom is -0.326 e. The standard InChI is InChI=1S/C13H11BrF2N2O2S/c14-9-1-3-12(16)13(6-9)18-21(19,20)10-2-4-11(15)8(5-10)7-17/h1-6,18H,7,17H2. The zero-order chi connectivity index (χ0) is 15.6. The molecule has 0 aliphatic carbocycles.